The van der Waals surface area contributed by atoms with Gasteiger partial charge in [0.1, 0.15) is 18.5 Å². The fourth-order valence-electron chi connectivity index (χ4n) is 3.67. The number of aromatic nitrogens is 1. The Morgan fingerprint density at radius 1 is 1.18 bits per heavy atom. The number of aryl methyl sites for hydroxylation is 2. The van der Waals surface area contributed by atoms with E-state index in [0.717, 1.165) is 11.3 Å². The number of rotatable bonds is 2. The molecule has 1 fully saturated rings. The van der Waals surface area contributed by atoms with E-state index in [1.54, 1.807) is 4.90 Å². The molecular formula is C21H22N4O3. The van der Waals surface area contributed by atoms with E-state index in [0.29, 0.717) is 49.1 Å². The van der Waals surface area contributed by atoms with E-state index in [2.05, 4.69) is 16.0 Å². The van der Waals surface area contributed by atoms with Gasteiger partial charge in [-0.25, -0.2) is 4.98 Å². The molecule has 0 N–H and O–H groups in total. The van der Waals surface area contributed by atoms with E-state index in [-0.39, 0.29) is 12.5 Å². The molecule has 7 nitrogen and oxygen atoms in total. The summed E-state index contributed by atoms with van der Waals surface area (Å²) in [6.45, 7) is 6.43. The number of piperazine rings is 1. The van der Waals surface area contributed by atoms with Crippen molar-refractivity contribution in [2.24, 2.45) is 0 Å². The maximum Gasteiger partial charge on any atom is 0.267 e. The summed E-state index contributed by atoms with van der Waals surface area (Å²) in [4.78, 5) is 21.3. The number of fused-ring (bicyclic) bond motifs is 1. The zero-order valence-electron chi connectivity index (χ0n) is 16.0. The number of nitrogens with zero attached hydrogens (tertiary/aromatic N) is 4. The molecule has 1 aromatic heterocycles. The zero-order valence-corrected chi connectivity index (χ0v) is 16.0. The molecule has 0 saturated carbocycles. The van der Waals surface area contributed by atoms with Gasteiger partial charge in [-0.2, -0.15) is 5.26 Å². The van der Waals surface area contributed by atoms with Crippen LogP contribution in [0, 0.1) is 25.2 Å². The molecule has 0 aliphatic carbocycles. The Bertz CT molecular complexity index is 945. The number of carbonyl (C=O) groups is 1. The molecule has 1 saturated heterocycles. The number of pyridine rings is 1. The number of hydrogen-bond acceptors (Lipinski definition) is 6. The summed E-state index contributed by atoms with van der Waals surface area (Å²) in [5.41, 5.74) is 2.41. The second-order valence-electron chi connectivity index (χ2n) is 7.07. The second kappa shape index (κ2) is 7.39. The van der Waals surface area contributed by atoms with Crippen molar-refractivity contribution in [3.05, 3.63) is 47.2 Å². The third-order valence-corrected chi connectivity index (χ3v) is 5.11. The van der Waals surface area contributed by atoms with E-state index in [1.165, 1.54) is 0 Å². The van der Waals surface area contributed by atoms with Gasteiger partial charge in [0.25, 0.3) is 5.91 Å². The summed E-state index contributed by atoms with van der Waals surface area (Å²) < 4.78 is 11.5. The predicted octanol–water partition coefficient (Wildman–Crippen LogP) is 2.06. The van der Waals surface area contributed by atoms with E-state index in [9.17, 15) is 10.1 Å². The van der Waals surface area contributed by atoms with E-state index < -0.39 is 6.10 Å². The fourth-order valence-corrected chi connectivity index (χ4v) is 3.67. The molecule has 1 amide bonds. The molecule has 1 atom stereocenters. The molecular weight excluding hydrogens is 356 g/mol. The van der Waals surface area contributed by atoms with Crippen LogP contribution < -0.4 is 14.4 Å². The zero-order chi connectivity index (χ0) is 19.7. The minimum atomic E-state index is -0.629. The van der Waals surface area contributed by atoms with Crippen LogP contribution in [0.3, 0.4) is 0 Å². The number of benzene rings is 1. The van der Waals surface area contributed by atoms with E-state index in [4.69, 9.17) is 9.47 Å². The Labute approximate surface area is 164 Å². The molecule has 1 aromatic carbocycles. The molecule has 3 heterocycles. The van der Waals surface area contributed by atoms with Crippen LogP contribution in [0.4, 0.5) is 5.82 Å². The second-order valence-corrected chi connectivity index (χ2v) is 7.07. The number of hydrogen-bond donors (Lipinski definition) is 0. The highest BCUT2D eigenvalue weighted by Crippen LogP contribution is 2.31. The first kappa shape index (κ1) is 18.1. The van der Waals surface area contributed by atoms with Gasteiger partial charge in [0.15, 0.2) is 11.5 Å². The van der Waals surface area contributed by atoms with Crippen molar-refractivity contribution in [2.45, 2.75) is 20.0 Å². The molecule has 4 rings (SSSR count). The summed E-state index contributed by atoms with van der Waals surface area (Å²) in [5.74, 6) is 1.91. The minimum Gasteiger partial charge on any atom is -0.485 e. The summed E-state index contributed by atoms with van der Waals surface area (Å²) >= 11 is 0. The Balaban J connectivity index is 1.43. The number of carbonyl (C=O) groups excluding carboxylic acids is 1. The van der Waals surface area contributed by atoms with Gasteiger partial charge in [-0.05, 0) is 37.6 Å². The normalized spacial score (nSPS) is 18.5. The van der Waals surface area contributed by atoms with Crippen LogP contribution in [0.5, 0.6) is 11.5 Å². The van der Waals surface area contributed by atoms with Crippen molar-refractivity contribution in [3.8, 4) is 17.6 Å². The maximum absolute atomic E-state index is 12.9. The standard InChI is InChI=1S/C21H22N4O3/c1-14-11-15(2)23-20(16(14)12-22)24-7-9-25(10-8-24)21(26)19-13-27-17-5-3-4-6-18(17)28-19/h3-6,11,19H,7-10,13H2,1-2H3/t19-/m1/s1. The van der Waals surface area contributed by atoms with Crippen molar-refractivity contribution in [1.29, 1.82) is 5.26 Å². The van der Waals surface area contributed by atoms with Crippen LogP contribution in [0.1, 0.15) is 16.8 Å². The minimum absolute atomic E-state index is 0.0666. The average molecular weight is 378 g/mol. The summed E-state index contributed by atoms with van der Waals surface area (Å²) in [6, 6.07) is 11.6. The predicted molar refractivity (Wildman–Crippen MR) is 104 cm³/mol. The number of ether oxygens (including phenoxy) is 2. The first-order chi connectivity index (χ1) is 13.6. The average Bonchev–Trinajstić information content (AvgIpc) is 2.72. The van der Waals surface area contributed by atoms with Gasteiger partial charge in [-0.1, -0.05) is 12.1 Å². The first-order valence-electron chi connectivity index (χ1n) is 9.37. The lowest BCUT2D eigenvalue weighted by Gasteiger charge is -2.38. The van der Waals surface area contributed by atoms with E-state index >= 15 is 0 Å². The molecule has 2 aromatic rings. The highest BCUT2D eigenvalue weighted by Gasteiger charge is 2.33. The van der Waals surface area contributed by atoms with Crippen LogP contribution >= 0.6 is 0 Å². The lowest BCUT2D eigenvalue weighted by atomic mass is 10.1. The van der Waals surface area contributed by atoms with Gasteiger partial charge in [0.05, 0.1) is 5.56 Å². The fraction of sp³-hybridized carbons (Fsp3) is 0.381. The Morgan fingerprint density at radius 3 is 2.61 bits per heavy atom. The number of nitriles is 1. The molecule has 0 unspecified atom stereocenters. The third kappa shape index (κ3) is 3.33. The molecule has 2 aliphatic rings. The van der Waals surface area contributed by atoms with Crippen molar-refractivity contribution in [3.63, 3.8) is 0 Å². The first-order valence-corrected chi connectivity index (χ1v) is 9.37. The highest BCUT2D eigenvalue weighted by molar-refractivity contribution is 5.82. The van der Waals surface area contributed by atoms with Gasteiger partial charge in [0.2, 0.25) is 6.10 Å². The third-order valence-electron chi connectivity index (χ3n) is 5.11. The lowest BCUT2D eigenvalue weighted by molar-refractivity contribution is -0.141. The highest BCUT2D eigenvalue weighted by atomic mass is 16.6. The number of para-hydroxylation sites is 2. The largest absolute Gasteiger partial charge is 0.485 e. The molecule has 0 bridgehead atoms. The van der Waals surface area contributed by atoms with Crippen LogP contribution in [-0.4, -0.2) is 54.7 Å². The Morgan fingerprint density at radius 2 is 1.89 bits per heavy atom. The van der Waals surface area contributed by atoms with Crippen LogP contribution in [0.25, 0.3) is 0 Å². The maximum atomic E-state index is 12.9. The quantitative estimate of drug-likeness (QED) is 0.796. The number of amides is 1. The molecule has 2 aliphatic heterocycles. The molecule has 144 valence electrons. The van der Waals surface area contributed by atoms with Crippen LogP contribution in [0.2, 0.25) is 0 Å². The van der Waals surface area contributed by atoms with Gasteiger partial charge < -0.3 is 19.3 Å². The van der Waals surface area contributed by atoms with Crippen LogP contribution in [0.15, 0.2) is 30.3 Å². The topological polar surface area (TPSA) is 78.7 Å². The summed E-state index contributed by atoms with van der Waals surface area (Å²) in [5, 5.41) is 9.50. The van der Waals surface area contributed by atoms with Crippen molar-refractivity contribution < 1.29 is 14.3 Å². The lowest BCUT2D eigenvalue weighted by Crippen LogP contribution is -2.54. The monoisotopic (exact) mass is 378 g/mol. The van der Waals surface area contributed by atoms with Gasteiger partial charge >= 0.3 is 0 Å². The summed E-state index contributed by atoms with van der Waals surface area (Å²) in [6.07, 6.45) is -0.629. The Kier molecular flexibility index (Phi) is 4.78. The van der Waals surface area contributed by atoms with Gasteiger partial charge in [-0.3, -0.25) is 4.79 Å². The molecule has 0 radical (unpaired) electrons. The SMILES string of the molecule is Cc1cc(C)c(C#N)c(N2CCN(C(=O)[C@H]3COc4ccccc4O3)CC2)n1. The van der Waals surface area contributed by atoms with Crippen LogP contribution in [-0.2, 0) is 4.79 Å². The van der Waals surface area contributed by atoms with Gasteiger partial charge in [-0.15, -0.1) is 0 Å². The van der Waals surface area contributed by atoms with Crippen molar-refractivity contribution >= 4 is 11.7 Å². The molecule has 28 heavy (non-hydrogen) atoms. The van der Waals surface area contributed by atoms with Gasteiger partial charge in [0, 0.05) is 31.9 Å². The summed E-state index contributed by atoms with van der Waals surface area (Å²) in [7, 11) is 0. The Hall–Kier alpha value is -3.27. The smallest absolute Gasteiger partial charge is 0.267 e. The van der Waals surface area contributed by atoms with E-state index in [1.807, 2.05) is 44.2 Å². The number of anilines is 1. The molecule has 7 heteroatoms. The molecule has 0 spiro atoms. The van der Waals surface area contributed by atoms with Crippen molar-refractivity contribution in [1.82, 2.24) is 9.88 Å². The van der Waals surface area contributed by atoms with Crippen molar-refractivity contribution in [2.75, 3.05) is 37.7 Å².